The molecule has 1 aliphatic carbocycles. The first-order valence-electron chi connectivity index (χ1n) is 6.33. The minimum atomic E-state index is 0.0837. The summed E-state index contributed by atoms with van der Waals surface area (Å²) in [6, 6.07) is 6.38. The van der Waals surface area contributed by atoms with Gasteiger partial charge in [-0.25, -0.2) is 0 Å². The molecule has 0 aliphatic heterocycles. The fourth-order valence-corrected chi connectivity index (χ4v) is 2.91. The quantitative estimate of drug-likeness (QED) is 0.706. The summed E-state index contributed by atoms with van der Waals surface area (Å²) in [7, 11) is 0. The van der Waals surface area contributed by atoms with Crippen molar-refractivity contribution in [3.05, 3.63) is 47.2 Å². The molecule has 2 aromatic rings. The van der Waals surface area contributed by atoms with Crippen LogP contribution in [0.5, 0.6) is 0 Å². The van der Waals surface area contributed by atoms with Crippen molar-refractivity contribution >= 4 is 10.9 Å². The molecule has 3 heteroatoms. The van der Waals surface area contributed by atoms with Crippen LogP contribution in [0.25, 0.3) is 10.9 Å². The van der Waals surface area contributed by atoms with Gasteiger partial charge < -0.3 is 15.8 Å². The number of hydrogen-bond acceptors (Lipinski definition) is 2. The summed E-state index contributed by atoms with van der Waals surface area (Å²) in [5, 5.41) is 10.5. The zero-order valence-corrected chi connectivity index (χ0v) is 10.5. The molecule has 18 heavy (non-hydrogen) atoms. The SMILES string of the molecule is C/C(=C\[C@@H]1c2cccc3[nH]cc(c23)C[C@H]1N)CO. The number of aromatic nitrogens is 1. The van der Waals surface area contributed by atoms with Crippen LogP contribution in [0.4, 0.5) is 0 Å². The van der Waals surface area contributed by atoms with E-state index in [2.05, 4.69) is 35.5 Å². The molecule has 0 amide bonds. The smallest absolute Gasteiger partial charge is 0.0639 e. The normalized spacial score (nSPS) is 23.6. The van der Waals surface area contributed by atoms with Crippen LogP contribution in [0.3, 0.4) is 0 Å². The van der Waals surface area contributed by atoms with E-state index in [0.29, 0.717) is 0 Å². The average Bonchev–Trinajstić information content (AvgIpc) is 2.78. The fraction of sp³-hybridized carbons (Fsp3) is 0.333. The number of aliphatic hydroxyl groups excluding tert-OH is 1. The van der Waals surface area contributed by atoms with Crippen molar-refractivity contribution < 1.29 is 5.11 Å². The highest BCUT2D eigenvalue weighted by molar-refractivity contribution is 5.88. The Kier molecular flexibility index (Phi) is 2.73. The number of benzene rings is 1. The van der Waals surface area contributed by atoms with Crippen molar-refractivity contribution in [1.82, 2.24) is 4.98 Å². The van der Waals surface area contributed by atoms with Crippen LogP contribution in [0.15, 0.2) is 36.0 Å². The van der Waals surface area contributed by atoms with Crippen LogP contribution >= 0.6 is 0 Å². The monoisotopic (exact) mass is 242 g/mol. The van der Waals surface area contributed by atoms with Crippen molar-refractivity contribution in [2.75, 3.05) is 6.61 Å². The molecule has 4 N–H and O–H groups in total. The van der Waals surface area contributed by atoms with Crippen LogP contribution < -0.4 is 5.73 Å². The summed E-state index contributed by atoms with van der Waals surface area (Å²) >= 11 is 0. The van der Waals surface area contributed by atoms with Gasteiger partial charge in [-0.05, 0) is 30.5 Å². The Morgan fingerprint density at radius 2 is 2.39 bits per heavy atom. The second-order valence-electron chi connectivity index (χ2n) is 5.15. The Morgan fingerprint density at radius 3 is 3.17 bits per heavy atom. The van der Waals surface area contributed by atoms with Crippen LogP contribution in [0.1, 0.15) is 24.0 Å². The third kappa shape index (κ3) is 1.67. The van der Waals surface area contributed by atoms with Gasteiger partial charge in [-0.3, -0.25) is 0 Å². The molecular formula is C15H18N2O. The van der Waals surface area contributed by atoms with E-state index in [4.69, 9.17) is 5.73 Å². The van der Waals surface area contributed by atoms with Gasteiger partial charge >= 0.3 is 0 Å². The van der Waals surface area contributed by atoms with Crippen LogP contribution in [-0.2, 0) is 6.42 Å². The Morgan fingerprint density at radius 1 is 1.56 bits per heavy atom. The predicted molar refractivity (Wildman–Crippen MR) is 73.6 cm³/mol. The maximum absolute atomic E-state index is 9.19. The molecule has 0 saturated heterocycles. The summed E-state index contributed by atoms with van der Waals surface area (Å²) in [4.78, 5) is 3.30. The van der Waals surface area contributed by atoms with Crippen molar-refractivity contribution in [2.45, 2.75) is 25.3 Å². The third-order valence-corrected chi connectivity index (χ3v) is 3.81. The van der Waals surface area contributed by atoms with E-state index < -0.39 is 0 Å². The molecule has 0 spiro atoms. The van der Waals surface area contributed by atoms with Gasteiger partial charge in [-0.2, -0.15) is 0 Å². The molecule has 0 saturated carbocycles. The molecule has 1 aromatic carbocycles. The molecule has 2 atom stereocenters. The lowest BCUT2D eigenvalue weighted by atomic mass is 9.80. The van der Waals surface area contributed by atoms with Crippen LogP contribution in [-0.4, -0.2) is 22.7 Å². The number of aliphatic hydroxyl groups is 1. The van der Waals surface area contributed by atoms with Gasteiger partial charge in [-0.1, -0.05) is 23.8 Å². The summed E-state index contributed by atoms with van der Waals surface area (Å²) in [5.74, 6) is 0.198. The molecule has 0 radical (unpaired) electrons. The molecule has 3 rings (SSSR count). The molecule has 1 aliphatic rings. The van der Waals surface area contributed by atoms with Crippen LogP contribution in [0, 0.1) is 0 Å². The molecule has 1 heterocycles. The Balaban J connectivity index is 2.18. The molecular weight excluding hydrogens is 224 g/mol. The first-order valence-corrected chi connectivity index (χ1v) is 6.33. The number of aromatic amines is 1. The van der Waals surface area contributed by atoms with E-state index in [-0.39, 0.29) is 18.6 Å². The topological polar surface area (TPSA) is 62.0 Å². The number of nitrogens with two attached hydrogens (primary N) is 1. The van der Waals surface area contributed by atoms with Gasteiger partial charge in [0.1, 0.15) is 0 Å². The molecule has 0 unspecified atom stereocenters. The van der Waals surface area contributed by atoms with Gasteiger partial charge in [0.15, 0.2) is 0 Å². The molecule has 1 aromatic heterocycles. The Bertz CT molecular complexity index is 612. The summed E-state index contributed by atoms with van der Waals surface area (Å²) in [5.41, 5.74) is 11.0. The second-order valence-corrected chi connectivity index (χ2v) is 5.15. The highest BCUT2D eigenvalue weighted by Crippen LogP contribution is 2.37. The Hall–Kier alpha value is -1.58. The molecule has 0 bridgehead atoms. The van der Waals surface area contributed by atoms with Gasteiger partial charge in [0.2, 0.25) is 0 Å². The lowest BCUT2D eigenvalue weighted by Gasteiger charge is -2.27. The summed E-state index contributed by atoms with van der Waals surface area (Å²) in [6.45, 7) is 2.04. The predicted octanol–water partition coefficient (Wildman–Crippen LogP) is 2.07. The van der Waals surface area contributed by atoms with Crippen molar-refractivity contribution in [2.24, 2.45) is 5.73 Å². The lowest BCUT2D eigenvalue weighted by Crippen LogP contribution is -2.32. The minimum absolute atomic E-state index is 0.0837. The molecule has 94 valence electrons. The van der Waals surface area contributed by atoms with E-state index in [0.717, 1.165) is 12.0 Å². The second kappa shape index (κ2) is 4.26. The maximum Gasteiger partial charge on any atom is 0.0639 e. The largest absolute Gasteiger partial charge is 0.392 e. The van der Waals surface area contributed by atoms with Crippen molar-refractivity contribution in [1.29, 1.82) is 0 Å². The van der Waals surface area contributed by atoms with E-state index >= 15 is 0 Å². The fourth-order valence-electron chi connectivity index (χ4n) is 2.91. The van der Waals surface area contributed by atoms with Gasteiger partial charge in [0, 0.05) is 29.1 Å². The van der Waals surface area contributed by atoms with E-state index in [1.165, 1.54) is 22.0 Å². The first-order chi connectivity index (χ1) is 8.70. The maximum atomic E-state index is 9.19. The standard InChI is InChI=1S/C15H18N2O/c1-9(8-18)5-12-11-3-2-4-14-15(11)10(7-17-14)6-13(12)16/h2-5,7,12-13,17-18H,6,8,16H2,1H3/b9-5+/t12-,13-/m1/s1. The Labute approximate surface area is 106 Å². The third-order valence-electron chi connectivity index (χ3n) is 3.81. The summed E-state index contributed by atoms with van der Waals surface area (Å²) < 4.78 is 0. The highest BCUT2D eigenvalue weighted by atomic mass is 16.3. The van der Waals surface area contributed by atoms with Crippen molar-refractivity contribution in [3.63, 3.8) is 0 Å². The average molecular weight is 242 g/mol. The van der Waals surface area contributed by atoms with Gasteiger partial charge in [0.25, 0.3) is 0 Å². The van der Waals surface area contributed by atoms with Gasteiger partial charge in [0.05, 0.1) is 6.61 Å². The van der Waals surface area contributed by atoms with Gasteiger partial charge in [-0.15, -0.1) is 0 Å². The minimum Gasteiger partial charge on any atom is -0.392 e. The zero-order valence-electron chi connectivity index (χ0n) is 10.5. The number of H-pyrrole nitrogens is 1. The van der Waals surface area contributed by atoms with E-state index in [9.17, 15) is 5.11 Å². The van der Waals surface area contributed by atoms with Crippen molar-refractivity contribution in [3.8, 4) is 0 Å². The summed E-state index contributed by atoms with van der Waals surface area (Å²) in [6.07, 6.45) is 5.05. The van der Waals surface area contributed by atoms with E-state index in [1.807, 2.05) is 6.92 Å². The van der Waals surface area contributed by atoms with E-state index in [1.54, 1.807) is 0 Å². The highest BCUT2D eigenvalue weighted by Gasteiger charge is 2.27. The number of rotatable bonds is 2. The van der Waals surface area contributed by atoms with Crippen LogP contribution in [0.2, 0.25) is 0 Å². The number of nitrogens with one attached hydrogen (secondary N) is 1. The lowest BCUT2D eigenvalue weighted by molar-refractivity contribution is 0.330. The molecule has 3 nitrogen and oxygen atoms in total. The molecule has 0 fully saturated rings. The zero-order chi connectivity index (χ0) is 12.7. The number of hydrogen-bond donors (Lipinski definition) is 3. The first kappa shape index (κ1) is 11.5.